The zero-order valence-electron chi connectivity index (χ0n) is 17.5. The second kappa shape index (κ2) is 11.3. The highest BCUT2D eigenvalue weighted by Crippen LogP contribution is 2.45. The minimum atomic E-state index is -0.839. The van der Waals surface area contributed by atoms with Gasteiger partial charge in [-0.15, -0.1) is 11.3 Å². The van der Waals surface area contributed by atoms with Crippen molar-refractivity contribution in [1.82, 2.24) is 0 Å². The van der Waals surface area contributed by atoms with Crippen molar-refractivity contribution in [1.29, 1.82) is 0 Å². The number of aromatic carboxylic acids is 1. The van der Waals surface area contributed by atoms with Gasteiger partial charge in [-0.2, -0.15) is 0 Å². The Morgan fingerprint density at radius 2 is 1.93 bits per heavy atom. The van der Waals surface area contributed by atoms with Gasteiger partial charge in [0.05, 0.1) is 6.10 Å². The van der Waals surface area contributed by atoms with Gasteiger partial charge in [-0.05, 0) is 65.8 Å². The molecule has 0 saturated carbocycles. The first kappa shape index (κ1) is 23.2. The fraction of sp³-hybridized carbons (Fsp3) is 0.480. The number of carboxylic acids is 1. The van der Waals surface area contributed by atoms with E-state index >= 15 is 0 Å². The van der Waals surface area contributed by atoms with E-state index in [-0.39, 0.29) is 6.10 Å². The van der Waals surface area contributed by atoms with E-state index in [1.165, 1.54) is 34.2 Å². The van der Waals surface area contributed by atoms with E-state index < -0.39 is 5.97 Å². The average molecular weight is 491 g/mol. The summed E-state index contributed by atoms with van der Waals surface area (Å²) in [6.07, 6.45) is 10.3. The molecule has 1 aliphatic rings. The maximum atomic E-state index is 11.0. The number of aliphatic hydroxyl groups excluding tert-OH is 1. The minimum absolute atomic E-state index is 0.370. The van der Waals surface area contributed by atoms with E-state index in [2.05, 4.69) is 53.2 Å². The molecule has 162 valence electrons. The second-order valence-electron chi connectivity index (χ2n) is 8.20. The molecule has 0 fully saturated rings. The summed E-state index contributed by atoms with van der Waals surface area (Å²) < 4.78 is 1.26. The van der Waals surface area contributed by atoms with Crippen molar-refractivity contribution in [2.24, 2.45) is 5.92 Å². The molecule has 2 aromatic rings. The lowest BCUT2D eigenvalue weighted by Gasteiger charge is -2.22. The van der Waals surface area contributed by atoms with Crippen LogP contribution in [0.3, 0.4) is 0 Å². The summed E-state index contributed by atoms with van der Waals surface area (Å²) in [4.78, 5) is 12.6. The van der Waals surface area contributed by atoms with Gasteiger partial charge < -0.3 is 10.2 Å². The molecule has 1 heterocycles. The van der Waals surface area contributed by atoms with Crippen LogP contribution in [0.15, 0.2) is 47.0 Å². The average Bonchev–Trinajstić information content (AvgIpc) is 3.35. The quantitative estimate of drug-likeness (QED) is 0.321. The Kier molecular flexibility index (Phi) is 8.72. The smallest absolute Gasteiger partial charge is 0.345 e. The van der Waals surface area contributed by atoms with Crippen LogP contribution in [0.5, 0.6) is 0 Å². The number of benzene rings is 1. The number of aliphatic hydroxyl groups is 1. The lowest BCUT2D eigenvalue weighted by Crippen LogP contribution is -2.09. The van der Waals surface area contributed by atoms with Crippen LogP contribution in [0.1, 0.15) is 89.6 Å². The number of carboxylic acid groups (broad SMARTS) is 1. The molecule has 2 N–H and O–H groups in total. The molecule has 0 saturated heterocycles. The van der Waals surface area contributed by atoms with Gasteiger partial charge >= 0.3 is 5.97 Å². The maximum Gasteiger partial charge on any atom is 0.345 e. The number of rotatable bonds is 11. The normalized spacial score (nSPS) is 19.6. The fourth-order valence-electron chi connectivity index (χ4n) is 4.31. The Balaban J connectivity index is 1.56. The summed E-state index contributed by atoms with van der Waals surface area (Å²) in [5.41, 5.74) is 2.31. The van der Waals surface area contributed by atoms with Crippen molar-refractivity contribution in [2.75, 3.05) is 0 Å². The Hall–Kier alpha value is -1.43. The summed E-state index contributed by atoms with van der Waals surface area (Å²) in [6, 6.07) is 12.2. The Bertz CT molecular complexity index is 856. The monoisotopic (exact) mass is 490 g/mol. The highest BCUT2D eigenvalue weighted by atomic mass is 79.9. The summed E-state index contributed by atoms with van der Waals surface area (Å²) in [6.45, 7) is 2.18. The van der Waals surface area contributed by atoms with Crippen LogP contribution in [0.2, 0.25) is 0 Å². The van der Waals surface area contributed by atoms with E-state index in [0.29, 0.717) is 16.7 Å². The first-order valence-corrected chi connectivity index (χ1v) is 12.6. The van der Waals surface area contributed by atoms with Crippen LogP contribution in [0.4, 0.5) is 0 Å². The molecule has 3 atom stereocenters. The molecular formula is C25H31BrO3S. The van der Waals surface area contributed by atoms with Crippen LogP contribution >= 0.6 is 27.3 Å². The van der Waals surface area contributed by atoms with Crippen LogP contribution in [0, 0.1) is 5.92 Å². The first-order valence-electron chi connectivity index (χ1n) is 10.9. The van der Waals surface area contributed by atoms with E-state index in [4.69, 9.17) is 5.11 Å². The van der Waals surface area contributed by atoms with Crippen molar-refractivity contribution >= 4 is 33.2 Å². The Labute approximate surface area is 192 Å². The molecule has 3 nitrogen and oxygen atoms in total. The molecule has 0 radical (unpaired) electrons. The molecule has 5 heteroatoms. The van der Waals surface area contributed by atoms with Gasteiger partial charge in [0.2, 0.25) is 0 Å². The highest BCUT2D eigenvalue weighted by molar-refractivity contribution is 9.11. The molecule has 1 aromatic heterocycles. The minimum Gasteiger partial charge on any atom is -0.477 e. The molecule has 0 aliphatic heterocycles. The predicted molar refractivity (Wildman–Crippen MR) is 128 cm³/mol. The van der Waals surface area contributed by atoms with Crippen molar-refractivity contribution in [3.8, 4) is 0 Å². The molecule has 2 unspecified atom stereocenters. The van der Waals surface area contributed by atoms with Crippen LogP contribution in [0.25, 0.3) is 0 Å². The fourth-order valence-corrected chi connectivity index (χ4v) is 6.03. The predicted octanol–water partition coefficient (Wildman–Crippen LogP) is 7.47. The van der Waals surface area contributed by atoms with Crippen molar-refractivity contribution in [3.05, 3.63) is 67.8 Å². The van der Waals surface area contributed by atoms with Gasteiger partial charge in [-0.25, -0.2) is 4.79 Å². The lowest BCUT2D eigenvalue weighted by molar-refractivity contribution is 0.0702. The summed E-state index contributed by atoms with van der Waals surface area (Å²) in [5, 5.41) is 19.5. The van der Waals surface area contributed by atoms with E-state index in [1.807, 2.05) is 6.07 Å². The number of hydrogen-bond acceptors (Lipinski definition) is 3. The molecule has 1 aliphatic carbocycles. The number of thiophene rings is 1. The van der Waals surface area contributed by atoms with Gasteiger partial charge in [-0.1, -0.05) is 72.5 Å². The third-order valence-electron chi connectivity index (χ3n) is 6.02. The molecule has 0 spiro atoms. The summed E-state index contributed by atoms with van der Waals surface area (Å²) in [7, 11) is 0. The standard InChI is InChI=1S/C25H31BrO3S/c1-2-3-4-8-22(27)17-9-11-19(12-10-17)24-18(13-15-21(24)26)6-5-7-20-14-16-23(30-20)25(28)29/h9-12,14-16,18,22,24,27H,2-8,13H2,1H3,(H,28,29)/t18-,22?,24?/m0/s1. The van der Waals surface area contributed by atoms with E-state index in [0.717, 1.165) is 49.0 Å². The number of carbonyl (C=O) groups is 1. The third-order valence-corrected chi connectivity index (χ3v) is 7.97. The third kappa shape index (κ3) is 6.05. The largest absolute Gasteiger partial charge is 0.477 e. The van der Waals surface area contributed by atoms with Crippen molar-refractivity contribution in [3.63, 3.8) is 0 Å². The second-order valence-corrected chi connectivity index (χ2v) is 10.3. The lowest BCUT2D eigenvalue weighted by atomic mass is 9.84. The molecule has 3 rings (SSSR count). The molecule has 30 heavy (non-hydrogen) atoms. The zero-order chi connectivity index (χ0) is 21.5. The molecular weight excluding hydrogens is 460 g/mol. The Morgan fingerprint density at radius 1 is 1.17 bits per heavy atom. The van der Waals surface area contributed by atoms with Crippen LogP contribution < -0.4 is 0 Å². The highest BCUT2D eigenvalue weighted by Gasteiger charge is 2.29. The van der Waals surface area contributed by atoms with Gasteiger partial charge in [0.1, 0.15) is 4.88 Å². The van der Waals surface area contributed by atoms with E-state index in [9.17, 15) is 9.90 Å². The number of allylic oxidation sites excluding steroid dienone is 2. The number of unbranched alkanes of at least 4 members (excludes halogenated alkanes) is 2. The molecule has 0 amide bonds. The first-order chi connectivity index (χ1) is 14.5. The summed E-state index contributed by atoms with van der Waals surface area (Å²) in [5.74, 6) is 0.0852. The number of halogens is 1. The number of hydrogen-bond donors (Lipinski definition) is 2. The number of aryl methyl sites for hydroxylation is 1. The summed E-state index contributed by atoms with van der Waals surface area (Å²) >= 11 is 5.16. The van der Waals surface area contributed by atoms with Gasteiger partial charge in [0.25, 0.3) is 0 Å². The molecule has 0 bridgehead atoms. The van der Waals surface area contributed by atoms with Crippen LogP contribution in [-0.2, 0) is 6.42 Å². The van der Waals surface area contributed by atoms with Gasteiger partial charge in [0, 0.05) is 10.8 Å². The molecule has 1 aromatic carbocycles. The Morgan fingerprint density at radius 3 is 2.60 bits per heavy atom. The van der Waals surface area contributed by atoms with Crippen LogP contribution in [-0.4, -0.2) is 16.2 Å². The van der Waals surface area contributed by atoms with Crippen molar-refractivity contribution in [2.45, 2.75) is 70.3 Å². The SMILES string of the molecule is CCCCCC(O)c1ccc(C2C(Br)=CC[C@@H]2CCCc2ccc(C(=O)O)s2)cc1. The van der Waals surface area contributed by atoms with E-state index in [1.54, 1.807) is 6.07 Å². The maximum absolute atomic E-state index is 11.0. The van der Waals surface area contributed by atoms with Crippen molar-refractivity contribution < 1.29 is 15.0 Å². The van der Waals surface area contributed by atoms with Gasteiger partial charge in [-0.3, -0.25) is 0 Å². The zero-order valence-corrected chi connectivity index (χ0v) is 19.9. The topological polar surface area (TPSA) is 57.5 Å². The van der Waals surface area contributed by atoms with Gasteiger partial charge in [0.15, 0.2) is 0 Å².